The van der Waals surface area contributed by atoms with Crippen LogP contribution in [0.15, 0.2) is 59.7 Å². The molecule has 2 aromatic carbocycles. The van der Waals surface area contributed by atoms with Crippen molar-refractivity contribution in [3.8, 4) is 5.75 Å². The highest BCUT2D eigenvalue weighted by Gasteiger charge is 2.19. The number of hydrazone groups is 1. The molecule has 2 N–H and O–H groups in total. The maximum atomic E-state index is 12.6. The van der Waals surface area contributed by atoms with Crippen LogP contribution in [-0.4, -0.2) is 42.0 Å². The molecule has 1 aliphatic heterocycles. The van der Waals surface area contributed by atoms with E-state index in [1.807, 2.05) is 6.07 Å². The van der Waals surface area contributed by atoms with E-state index in [0.29, 0.717) is 23.4 Å². The lowest BCUT2D eigenvalue weighted by Gasteiger charge is -2.25. The summed E-state index contributed by atoms with van der Waals surface area (Å²) in [7, 11) is 0. The molecule has 1 fully saturated rings. The van der Waals surface area contributed by atoms with Gasteiger partial charge in [0.1, 0.15) is 11.5 Å². The zero-order valence-corrected chi connectivity index (χ0v) is 15.1. The molecule has 0 aliphatic carbocycles. The summed E-state index contributed by atoms with van der Waals surface area (Å²) in [5, 5.41) is 3.69. The highest BCUT2D eigenvalue weighted by Crippen LogP contribution is 2.16. The average Bonchev–Trinajstić information content (AvgIpc) is 2.71. The number of carbonyl (C=O) groups excluding carboxylic acids is 2. The van der Waals surface area contributed by atoms with Gasteiger partial charge in [-0.05, 0) is 62.3 Å². The Balaban J connectivity index is 1.64. The van der Waals surface area contributed by atoms with Gasteiger partial charge in [-0.25, -0.2) is 4.79 Å². The zero-order valence-electron chi connectivity index (χ0n) is 15.1. The van der Waals surface area contributed by atoms with E-state index < -0.39 is 5.97 Å². The third-order valence-corrected chi connectivity index (χ3v) is 4.56. The third kappa shape index (κ3) is 5.01. The summed E-state index contributed by atoms with van der Waals surface area (Å²) in [4.78, 5) is 26.8. The number of ether oxygens (including phenoxy) is 1. The fraction of sp³-hybridized carbons (Fsp3) is 0.286. The smallest absolute Gasteiger partial charge is 0.343 e. The first-order valence-electron chi connectivity index (χ1n) is 9.08. The fourth-order valence-electron chi connectivity index (χ4n) is 3.12. The molecule has 1 aliphatic rings. The molecule has 1 heterocycles. The van der Waals surface area contributed by atoms with E-state index in [2.05, 4.69) is 10.0 Å². The minimum absolute atomic E-state index is 0.103. The van der Waals surface area contributed by atoms with E-state index in [1.54, 1.807) is 48.5 Å². The molecule has 0 bridgehead atoms. The van der Waals surface area contributed by atoms with Crippen LogP contribution in [0.25, 0.3) is 0 Å². The lowest BCUT2D eigenvalue weighted by atomic mass is 10.0. The SMILES string of the molecule is N/N=C(/C(=O)CN1CCCCC1)c1ccc(OC(=O)c2ccccc2)cc1. The van der Waals surface area contributed by atoms with Crippen LogP contribution in [0.3, 0.4) is 0 Å². The molecule has 0 atom stereocenters. The number of esters is 1. The van der Waals surface area contributed by atoms with Crippen molar-refractivity contribution in [3.63, 3.8) is 0 Å². The molecule has 3 rings (SSSR count). The molecule has 1 saturated heterocycles. The molecule has 2 aromatic rings. The van der Waals surface area contributed by atoms with Crippen LogP contribution in [0.5, 0.6) is 5.75 Å². The van der Waals surface area contributed by atoms with Crippen molar-refractivity contribution in [2.24, 2.45) is 10.9 Å². The van der Waals surface area contributed by atoms with E-state index in [0.717, 1.165) is 25.9 Å². The van der Waals surface area contributed by atoms with E-state index in [1.165, 1.54) is 6.42 Å². The summed E-state index contributed by atoms with van der Waals surface area (Å²) in [5.74, 6) is 5.33. The Morgan fingerprint density at radius 1 is 0.926 bits per heavy atom. The lowest BCUT2D eigenvalue weighted by Crippen LogP contribution is -2.37. The Labute approximate surface area is 158 Å². The van der Waals surface area contributed by atoms with Gasteiger partial charge in [0.05, 0.1) is 12.1 Å². The Morgan fingerprint density at radius 3 is 2.22 bits per heavy atom. The Bertz CT molecular complexity index is 810. The largest absolute Gasteiger partial charge is 0.423 e. The molecule has 27 heavy (non-hydrogen) atoms. The third-order valence-electron chi connectivity index (χ3n) is 4.56. The lowest BCUT2D eigenvalue weighted by molar-refractivity contribution is -0.114. The number of Topliss-reactive ketones (excluding diaryl/α,β-unsaturated/α-hetero) is 1. The van der Waals surface area contributed by atoms with Crippen LogP contribution < -0.4 is 10.6 Å². The van der Waals surface area contributed by atoms with Crippen molar-refractivity contribution in [1.82, 2.24) is 4.90 Å². The molecule has 0 radical (unpaired) electrons. The zero-order chi connectivity index (χ0) is 19.1. The minimum Gasteiger partial charge on any atom is -0.423 e. The van der Waals surface area contributed by atoms with E-state index in [4.69, 9.17) is 10.6 Å². The number of rotatable bonds is 6. The second kappa shape index (κ2) is 9.09. The summed E-state index contributed by atoms with van der Waals surface area (Å²) in [6.45, 7) is 2.18. The highest BCUT2D eigenvalue weighted by molar-refractivity contribution is 6.46. The van der Waals surface area contributed by atoms with Gasteiger partial charge in [0.25, 0.3) is 0 Å². The van der Waals surface area contributed by atoms with Gasteiger partial charge < -0.3 is 10.6 Å². The standard InChI is InChI=1S/C21H23N3O3/c22-23-20(19(25)15-24-13-5-2-6-14-24)16-9-11-18(12-10-16)27-21(26)17-7-3-1-4-8-17/h1,3-4,7-12H,2,5-6,13-15,22H2/b23-20+. The Hall–Kier alpha value is -2.99. The van der Waals surface area contributed by atoms with Gasteiger partial charge in [-0.15, -0.1) is 0 Å². The van der Waals surface area contributed by atoms with Gasteiger partial charge in [-0.1, -0.05) is 24.6 Å². The molecule has 0 aromatic heterocycles. The number of nitrogens with zero attached hydrogens (tertiary/aromatic N) is 2. The summed E-state index contributed by atoms with van der Waals surface area (Å²) in [5.41, 5.74) is 1.32. The fourth-order valence-corrected chi connectivity index (χ4v) is 3.12. The topological polar surface area (TPSA) is 85.0 Å². The number of carbonyl (C=O) groups is 2. The van der Waals surface area contributed by atoms with Crippen molar-refractivity contribution < 1.29 is 14.3 Å². The molecule has 6 nitrogen and oxygen atoms in total. The van der Waals surface area contributed by atoms with Crippen LogP contribution in [-0.2, 0) is 4.79 Å². The predicted octanol–water partition coefficient (Wildman–Crippen LogP) is 2.62. The Morgan fingerprint density at radius 2 is 1.59 bits per heavy atom. The van der Waals surface area contributed by atoms with Crippen LogP contribution in [0.2, 0.25) is 0 Å². The van der Waals surface area contributed by atoms with Crippen LogP contribution in [0.4, 0.5) is 0 Å². The van der Waals surface area contributed by atoms with E-state index >= 15 is 0 Å². The normalized spacial score (nSPS) is 15.3. The molecular weight excluding hydrogens is 342 g/mol. The van der Waals surface area contributed by atoms with Crippen LogP contribution >= 0.6 is 0 Å². The van der Waals surface area contributed by atoms with E-state index in [9.17, 15) is 9.59 Å². The Kier molecular flexibility index (Phi) is 6.33. The number of hydrogen-bond donors (Lipinski definition) is 1. The molecule has 0 spiro atoms. The van der Waals surface area contributed by atoms with Gasteiger partial charge in [0.15, 0.2) is 5.78 Å². The van der Waals surface area contributed by atoms with Crippen molar-refractivity contribution in [2.45, 2.75) is 19.3 Å². The first-order valence-corrected chi connectivity index (χ1v) is 9.08. The summed E-state index contributed by atoms with van der Waals surface area (Å²) in [6, 6.07) is 15.4. The van der Waals surface area contributed by atoms with Crippen molar-refractivity contribution >= 4 is 17.5 Å². The number of nitrogens with two attached hydrogens (primary N) is 1. The molecule has 6 heteroatoms. The maximum absolute atomic E-state index is 12.6. The average molecular weight is 365 g/mol. The first kappa shape index (κ1) is 18.8. The summed E-state index contributed by atoms with van der Waals surface area (Å²) >= 11 is 0. The molecule has 0 saturated carbocycles. The monoisotopic (exact) mass is 365 g/mol. The van der Waals surface area contributed by atoms with Gasteiger partial charge in [0.2, 0.25) is 0 Å². The molecule has 0 unspecified atom stereocenters. The van der Waals surface area contributed by atoms with Crippen molar-refractivity contribution in [2.75, 3.05) is 19.6 Å². The van der Waals surface area contributed by atoms with Crippen LogP contribution in [0, 0.1) is 0 Å². The quantitative estimate of drug-likeness (QED) is 0.280. The van der Waals surface area contributed by atoms with Crippen LogP contribution in [0.1, 0.15) is 35.2 Å². The van der Waals surface area contributed by atoms with Crippen molar-refractivity contribution in [1.29, 1.82) is 0 Å². The minimum atomic E-state index is -0.433. The van der Waals surface area contributed by atoms with Gasteiger partial charge in [-0.3, -0.25) is 9.69 Å². The van der Waals surface area contributed by atoms with Gasteiger partial charge in [-0.2, -0.15) is 5.10 Å². The number of likely N-dealkylation sites (tertiary alicyclic amines) is 1. The first-order chi connectivity index (χ1) is 13.2. The molecule has 140 valence electrons. The second-order valence-electron chi connectivity index (χ2n) is 6.52. The van der Waals surface area contributed by atoms with Crippen molar-refractivity contribution in [3.05, 3.63) is 65.7 Å². The predicted molar refractivity (Wildman–Crippen MR) is 104 cm³/mol. The van der Waals surface area contributed by atoms with E-state index in [-0.39, 0.29) is 11.5 Å². The number of benzene rings is 2. The summed E-state index contributed by atoms with van der Waals surface area (Å²) in [6.07, 6.45) is 3.44. The number of ketones is 1. The van der Waals surface area contributed by atoms with Gasteiger partial charge >= 0.3 is 5.97 Å². The number of hydrogen-bond acceptors (Lipinski definition) is 6. The summed E-state index contributed by atoms with van der Waals surface area (Å²) < 4.78 is 5.35. The second-order valence-corrected chi connectivity index (χ2v) is 6.52. The van der Waals surface area contributed by atoms with Gasteiger partial charge in [0, 0.05) is 5.56 Å². The molecule has 0 amide bonds. The highest BCUT2D eigenvalue weighted by atomic mass is 16.5. The molecular formula is C21H23N3O3. The number of piperidine rings is 1. The maximum Gasteiger partial charge on any atom is 0.343 e.